The normalized spacial score (nSPS) is 10.3. The molecule has 3 aromatic carbocycles. The predicted molar refractivity (Wildman–Crippen MR) is 121 cm³/mol. The highest BCUT2D eigenvalue weighted by Gasteiger charge is 2.09. The summed E-state index contributed by atoms with van der Waals surface area (Å²) in [5, 5.41) is 11.2. The van der Waals surface area contributed by atoms with Gasteiger partial charge in [0.2, 0.25) is 5.88 Å². The highest BCUT2D eigenvalue weighted by molar-refractivity contribution is 6.04. The molecule has 1 heterocycles. The quantitative estimate of drug-likeness (QED) is 0.436. The van der Waals surface area contributed by atoms with E-state index in [1.165, 1.54) is 0 Å². The van der Waals surface area contributed by atoms with Gasteiger partial charge in [-0.15, -0.1) is 10.2 Å². The molecule has 7 heteroatoms. The smallest absolute Gasteiger partial charge is 0.255 e. The van der Waals surface area contributed by atoms with Crippen LogP contribution in [0.1, 0.15) is 10.4 Å². The lowest BCUT2D eigenvalue weighted by Gasteiger charge is -2.09. The van der Waals surface area contributed by atoms with Gasteiger partial charge in [0.25, 0.3) is 5.91 Å². The molecular formula is C25H21N3O4. The molecule has 1 amide bonds. The number of benzene rings is 3. The molecule has 0 unspecified atom stereocenters. The molecule has 4 aromatic rings. The second-order valence-electron chi connectivity index (χ2n) is 6.77. The molecule has 0 aliphatic rings. The number of nitrogens with zero attached hydrogens (tertiary/aromatic N) is 2. The zero-order valence-corrected chi connectivity index (χ0v) is 17.6. The van der Waals surface area contributed by atoms with Gasteiger partial charge in [-0.2, -0.15) is 0 Å². The summed E-state index contributed by atoms with van der Waals surface area (Å²) in [6.45, 7) is 0. The first kappa shape index (κ1) is 20.9. The second-order valence-corrected chi connectivity index (χ2v) is 6.77. The summed E-state index contributed by atoms with van der Waals surface area (Å²) >= 11 is 0. The van der Waals surface area contributed by atoms with E-state index in [2.05, 4.69) is 15.5 Å². The number of amides is 1. The van der Waals surface area contributed by atoms with Crippen molar-refractivity contribution < 1.29 is 19.0 Å². The zero-order chi connectivity index (χ0) is 22.3. The Bertz CT molecular complexity index is 1190. The van der Waals surface area contributed by atoms with Gasteiger partial charge in [0.15, 0.2) is 11.5 Å². The van der Waals surface area contributed by atoms with E-state index in [0.29, 0.717) is 34.3 Å². The number of methoxy groups -OCH3 is 2. The van der Waals surface area contributed by atoms with Gasteiger partial charge in [0.1, 0.15) is 5.75 Å². The van der Waals surface area contributed by atoms with E-state index in [-0.39, 0.29) is 5.91 Å². The molecule has 0 atom stereocenters. The number of nitrogens with one attached hydrogen (secondary N) is 1. The Balaban J connectivity index is 1.42. The fourth-order valence-corrected chi connectivity index (χ4v) is 3.01. The van der Waals surface area contributed by atoms with Gasteiger partial charge in [-0.05, 0) is 54.6 Å². The molecule has 0 aliphatic carbocycles. The SMILES string of the molecule is COc1ccc(NC(=O)c2ccc(-c3ccc(Oc4ccccc4OC)nn3)cc2)cc1. The summed E-state index contributed by atoms with van der Waals surface area (Å²) in [5.74, 6) is 2.06. The Kier molecular flexibility index (Phi) is 6.27. The summed E-state index contributed by atoms with van der Waals surface area (Å²) in [5.41, 5.74) is 2.73. The lowest BCUT2D eigenvalue weighted by molar-refractivity contribution is 0.102. The minimum atomic E-state index is -0.201. The highest BCUT2D eigenvalue weighted by Crippen LogP contribution is 2.30. The van der Waals surface area contributed by atoms with E-state index >= 15 is 0 Å². The van der Waals surface area contributed by atoms with Crippen LogP contribution in [-0.4, -0.2) is 30.3 Å². The van der Waals surface area contributed by atoms with Gasteiger partial charge < -0.3 is 19.5 Å². The first-order chi connectivity index (χ1) is 15.7. The van der Waals surface area contributed by atoms with Gasteiger partial charge in [-0.3, -0.25) is 4.79 Å². The van der Waals surface area contributed by atoms with Crippen molar-refractivity contribution in [1.82, 2.24) is 10.2 Å². The number of ether oxygens (including phenoxy) is 3. The third-order valence-electron chi connectivity index (χ3n) is 4.71. The van der Waals surface area contributed by atoms with Crippen molar-refractivity contribution in [2.75, 3.05) is 19.5 Å². The standard InChI is InChI=1S/C25H21N3O4/c1-30-20-13-11-19(12-14-20)26-25(29)18-9-7-17(8-10-18)21-15-16-24(28-27-21)32-23-6-4-3-5-22(23)31-2/h3-16H,1-2H3,(H,26,29). The predicted octanol–water partition coefficient (Wildman–Crippen LogP) is 5.21. The Hall–Kier alpha value is -4.39. The molecule has 1 N–H and O–H groups in total. The summed E-state index contributed by atoms with van der Waals surface area (Å²) in [6, 6.07) is 25.2. The molecule has 0 radical (unpaired) electrons. The number of para-hydroxylation sites is 2. The first-order valence-electron chi connectivity index (χ1n) is 9.87. The average molecular weight is 427 g/mol. The molecule has 0 fully saturated rings. The number of carbonyl (C=O) groups is 1. The molecule has 160 valence electrons. The third-order valence-corrected chi connectivity index (χ3v) is 4.71. The molecule has 32 heavy (non-hydrogen) atoms. The minimum absolute atomic E-state index is 0.201. The van der Waals surface area contributed by atoms with Crippen molar-refractivity contribution in [3.05, 3.63) is 90.5 Å². The van der Waals surface area contributed by atoms with E-state index in [1.54, 1.807) is 62.8 Å². The Morgan fingerprint density at radius 3 is 2.09 bits per heavy atom. The van der Waals surface area contributed by atoms with Crippen LogP contribution < -0.4 is 19.5 Å². The maximum absolute atomic E-state index is 12.5. The molecule has 0 aliphatic heterocycles. The monoisotopic (exact) mass is 427 g/mol. The fraction of sp³-hybridized carbons (Fsp3) is 0.0800. The molecule has 0 bridgehead atoms. The van der Waals surface area contributed by atoms with Crippen molar-refractivity contribution in [2.24, 2.45) is 0 Å². The van der Waals surface area contributed by atoms with Crippen molar-refractivity contribution >= 4 is 11.6 Å². The van der Waals surface area contributed by atoms with Crippen LogP contribution in [0.3, 0.4) is 0 Å². The number of anilines is 1. The van der Waals surface area contributed by atoms with Crippen LogP contribution in [0.5, 0.6) is 23.1 Å². The van der Waals surface area contributed by atoms with Crippen LogP contribution in [0.25, 0.3) is 11.3 Å². The van der Waals surface area contributed by atoms with Crippen LogP contribution in [0.2, 0.25) is 0 Å². The van der Waals surface area contributed by atoms with Gasteiger partial charge in [0, 0.05) is 22.9 Å². The number of carbonyl (C=O) groups excluding carboxylic acids is 1. The summed E-state index contributed by atoms with van der Waals surface area (Å²) < 4.78 is 16.2. The molecule has 0 saturated heterocycles. The average Bonchev–Trinajstić information content (AvgIpc) is 2.85. The Morgan fingerprint density at radius 2 is 1.47 bits per heavy atom. The summed E-state index contributed by atoms with van der Waals surface area (Å²) in [7, 11) is 3.18. The summed E-state index contributed by atoms with van der Waals surface area (Å²) in [6.07, 6.45) is 0. The maximum Gasteiger partial charge on any atom is 0.255 e. The minimum Gasteiger partial charge on any atom is -0.497 e. The molecule has 1 aromatic heterocycles. The van der Waals surface area contributed by atoms with Crippen LogP contribution in [-0.2, 0) is 0 Å². The molecule has 0 saturated carbocycles. The van der Waals surface area contributed by atoms with Crippen molar-refractivity contribution in [1.29, 1.82) is 0 Å². The number of hydrogen-bond acceptors (Lipinski definition) is 6. The Morgan fingerprint density at radius 1 is 0.750 bits per heavy atom. The van der Waals surface area contributed by atoms with Gasteiger partial charge >= 0.3 is 0 Å². The van der Waals surface area contributed by atoms with E-state index in [1.807, 2.05) is 36.4 Å². The van der Waals surface area contributed by atoms with Crippen LogP contribution in [0, 0.1) is 0 Å². The molecular weight excluding hydrogens is 406 g/mol. The first-order valence-corrected chi connectivity index (χ1v) is 9.87. The number of aromatic nitrogens is 2. The zero-order valence-electron chi connectivity index (χ0n) is 17.6. The van der Waals surface area contributed by atoms with E-state index in [9.17, 15) is 4.79 Å². The number of rotatable bonds is 7. The van der Waals surface area contributed by atoms with Crippen LogP contribution in [0.4, 0.5) is 5.69 Å². The van der Waals surface area contributed by atoms with Gasteiger partial charge in [0.05, 0.1) is 19.9 Å². The second kappa shape index (κ2) is 9.61. The molecule has 4 rings (SSSR count). The lowest BCUT2D eigenvalue weighted by atomic mass is 10.1. The van der Waals surface area contributed by atoms with Crippen molar-refractivity contribution in [3.8, 4) is 34.4 Å². The lowest BCUT2D eigenvalue weighted by Crippen LogP contribution is -2.11. The number of hydrogen-bond donors (Lipinski definition) is 1. The van der Waals surface area contributed by atoms with Crippen molar-refractivity contribution in [3.63, 3.8) is 0 Å². The van der Waals surface area contributed by atoms with E-state index in [0.717, 1.165) is 11.3 Å². The van der Waals surface area contributed by atoms with Crippen LogP contribution >= 0.6 is 0 Å². The largest absolute Gasteiger partial charge is 0.497 e. The maximum atomic E-state index is 12.5. The van der Waals surface area contributed by atoms with Gasteiger partial charge in [-0.1, -0.05) is 24.3 Å². The molecule has 0 spiro atoms. The third kappa shape index (κ3) is 4.84. The topological polar surface area (TPSA) is 82.6 Å². The summed E-state index contributed by atoms with van der Waals surface area (Å²) in [4.78, 5) is 12.5. The van der Waals surface area contributed by atoms with E-state index < -0.39 is 0 Å². The van der Waals surface area contributed by atoms with E-state index in [4.69, 9.17) is 14.2 Å². The van der Waals surface area contributed by atoms with Crippen molar-refractivity contribution in [2.45, 2.75) is 0 Å². The highest BCUT2D eigenvalue weighted by atomic mass is 16.5. The fourth-order valence-electron chi connectivity index (χ4n) is 3.01. The molecule has 7 nitrogen and oxygen atoms in total. The van der Waals surface area contributed by atoms with Crippen LogP contribution in [0.15, 0.2) is 84.9 Å². The van der Waals surface area contributed by atoms with Gasteiger partial charge in [-0.25, -0.2) is 0 Å². The Labute approximate surface area is 185 Å².